The highest BCUT2D eigenvalue weighted by Crippen LogP contribution is 1.97. The molecule has 0 amide bonds. The van der Waals surface area contributed by atoms with E-state index < -0.39 is 0 Å². The van der Waals surface area contributed by atoms with Gasteiger partial charge >= 0.3 is 0 Å². The van der Waals surface area contributed by atoms with Crippen LogP contribution in [0.3, 0.4) is 0 Å². The number of hydrogen-bond acceptors (Lipinski definition) is 4. The van der Waals surface area contributed by atoms with E-state index in [1.807, 2.05) is 20.2 Å². The van der Waals surface area contributed by atoms with Crippen LogP contribution in [-0.4, -0.2) is 35.0 Å². The monoisotopic (exact) mass is 180 g/mol. The van der Waals surface area contributed by atoms with Gasteiger partial charge in [-0.3, -0.25) is 14.9 Å². The number of nitrogens with zero attached hydrogens (tertiary/aromatic N) is 3. The average molecular weight is 180 g/mol. The second-order valence-corrected chi connectivity index (χ2v) is 3.18. The Balaban J connectivity index is 2.49. The van der Waals surface area contributed by atoms with Crippen molar-refractivity contribution in [3.05, 3.63) is 23.8 Å². The molecule has 0 aliphatic carbocycles. The Kier molecular flexibility index (Phi) is 3.79. The van der Waals surface area contributed by atoms with Gasteiger partial charge in [0.1, 0.15) is 0 Å². The van der Waals surface area contributed by atoms with Gasteiger partial charge in [-0.1, -0.05) is 0 Å². The van der Waals surface area contributed by atoms with Crippen LogP contribution >= 0.6 is 0 Å². The summed E-state index contributed by atoms with van der Waals surface area (Å²) in [4.78, 5) is 10.6. The van der Waals surface area contributed by atoms with Gasteiger partial charge in [0.25, 0.3) is 0 Å². The molecule has 13 heavy (non-hydrogen) atoms. The van der Waals surface area contributed by atoms with Crippen molar-refractivity contribution >= 4 is 0 Å². The Morgan fingerprint density at radius 3 is 2.69 bits per heavy atom. The lowest BCUT2D eigenvalue weighted by Gasteiger charge is -2.13. The third kappa shape index (κ3) is 3.48. The van der Waals surface area contributed by atoms with E-state index in [4.69, 9.17) is 5.73 Å². The fourth-order valence-corrected chi connectivity index (χ4v) is 1.08. The molecule has 0 spiro atoms. The van der Waals surface area contributed by atoms with Crippen LogP contribution < -0.4 is 5.73 Å². The molecule has 0 aromatic carbocycles. The average Bonchev–Trinajstić information content (AvgIpc) is 2.09. The van der Waals surface area contributed by atoms with Crippen LogP contribution in [0.2, 0.25) is 0 Å². The van der Waals surface area contributed by atoms with Gasteiger partial charge in [0.15, 0.2) is 0 Å². The summed E-state index contributed by atoms with van der Waals surface area (Å²) in [6.07, 6.45) is 3.59. The molecule has 0 bridgehead atoms. The zero-order valence-electron chi connectivity index (χ0n) is 8.20. The van der Waals surface area contributed by atoms with E-state index >= 15 is 0 Å². The largest absolute Gasteiger partial charge is 0.329 e. The van der Waals surface area contributed by atoms with E-state index in [1.165, 1.54) is 0 Å². The third-order valence-electron chi connectivity index (χ3n) is 1.78. The molecule has 1 aromatic rings. The molecule has 0 saturated heterocycles. The highest BCUT2D eigenvalue weighted by atomic mass is 15.1. The highest BCUT2D eigenvalue weighted by molar-refractivity contribution is 5.00. The minimum Gasteiger partial charge on any atom is -0.329 e. The van der Waals surface area contributed by atoms with Crippen LogP contribution in [0.4, 0.5) is 0 Å². The zero-order chi connectivity index (χ0) is 9.68. The molecule has 1 aromatic heterocycles. The minimum absolute atomic E-state index is 0.676. The molecule has 72 valence electrons. The number of nitrogens with two attached hydrogens (primary N) is 1. The zero-order valence-corrected chi connectivity index (χ0v) is 8.20. The fourth-order valence-electron chi connectivity index (χ4n) is 1.08. The molecule has 4 nitrogen and oxygen atoms in total. The van der Waals surface area contributed by atoms with E-state index in [2.05, 4.69) is 14.9 Å². The van der Waals surface area contributed by atoms with Gasteiger partial charge in [-0.2, -0.15) is 0 Å². The van der Waals surface area contributed by atoms with Crippen LogP contribution in [-0.2, 0) is 6.54 Å². The summed E-state index contributed by atoms with van der Waals surface area (Å²) in [6, 6.07) is 0. The van der Waals surface area contributed by atoms with E-state index in [0.717, 1.165) is 24.5 Å². The van der Waals surface area contributed by atoms with E-state index in [1.54, 1.807) is 6.20 Å². The summed E-state index contributed by atoms with van der Waals surface area (Å²) >= 11 is 0. The summed E-state index contributed by atoms with van der Waals surface area (Å²) in [7, 11) is 2.02. The maximum absolute atomic E-state index is 5.43. The van der Waals surface area contributed by atoms with E-state index in [-0.39, 0.29) is 0 Å². The lowest BCUT2D eigenvalue weighted by atomic mass is 10.4. The number of aryl methyl sites for hydroxylation is 1. The topological polar surface area (TPSA) is 55.0 Å². The van der Waals surface area contributed by atoms with Crippen LogP contribution in [0.1, 0.15) is 11.4 Å². The summed E-state index contributed by atoms with van der Waals surface area (Å²) in [5.74, 6) is 0. The van der Waals surface area contributed by atoms with Crippen molar-refractivity contribution in [2.75, 3.05) is 20.1 Å². The van der Waals surface area contributed by atoms with Gasteiger partial charge < -0.3 is 5.73 Å². The maximum Gasteiger partial charge on any atom is 0.0726 e. The summed E-state index contributed by atoms with van der Waals surface area (Å²) in [5, 5.41) is 0. The molecule has 0 fully saturated rings. The molecular weight excluding hydrogens is 164 g/mol. The molecular formula is C9H16N4. The standard InChI is InChI=1S/C9H16N4/c1-8-5-12-9(6-11-8)7-13(2)4-3-10/h5-6H,3-4,7,10H2,1-2H3. The van der Waals surface area contributed by atoms with Gasteiger partial charge in [0.05, 0.1) is 11.4 Å². The molecule has 0 aliphatic heterocycles. The van der Waals surface area contributed by atoms with Gasteiger partial charge in [0.2, 0.25) is 0 Å². The van der Waals surface area contributed by atoms with E-state index in [9.17, 15) is 0 Å². The SMILES string of the molecule is Cc1cnc(CN(C)CCN)cn1. The summed E-state index contributed by atoms with van der Waals surface area (Å²) in [5.41, 5.74) is 7.37. The van der Waals surface area contributed by atoms with Crippen molar-refractivity contribution in [2.45, 2.75) is 13.5 Å². The third-order valence-corrected chi connectivity index (χ3v) is 1.78. The van der Waals surface area contributed by atoms with Gasteiger partial charge in [0, 0.05) is 32.0 Å². The molecule has 1 rings (SSSR count). The Labute approximate surface area is 78.8 Å². The predicted molar refractivity (Wildman–Crippen MR) is 52.2 cm³/mol. The van der Waals surface area contributed by atoms with Gasteiger partial charge in [-0.15, -0.1) is 0 Å². The Bertz CT molecular complexity index is 244. The summed E-state index contributed by atoms with van der Waals surface area (Å²) < 4.78 is 0. The Morgan fingerprint density at radius 2 is 2.15 bits per heavy atom. The lowest BCUT2D eigenvalue weighted by Crippen LogP contribution is -2.25. The van der Waals surface area contributed by atoms with Crippen molar-refractivity contribution in [1.82, 2.24) is 14.9 Å². The number of rotatable bonds is 4. The normalized spacial score (nSPS) is 10.8. The fraction of sp³-hybridized carbons (Fsp3) is 0.556. The first kappa shape index (κ1) is 10.1. The summed E-state index contributed by atoms with van der Waals surface area (Å²) in [6.45, 7) is 4.30. The van der Waals surface area contributed by atoms with Gasteiger partial charge in [-0.05, 0) is 14.0 Å². The van der Waals surface area contributed by atoms with E-state index in [0.29, 0.717) is 6.54 Å². The minimum atomic E-state index is 0.676. The number of hydrogen-bond donors (Lipinski definition) is 1. The molecule has 0 atom stereocenters. The molecule has 0 radical (unpaired) electrons. The number of aromatic nitrogens is 2. The van der Waals surface area contributed by atoms with Crippen LogP contribution in [0, 0.1) is 6.92 Å². The lowest BCUT2D eigenvalue weighted by molar-refractivity contribution is 0.331. The van der Waals surface area contributed by atoms with Gasteiger partial charge in [-0.25, -0.2) is 0 Å². The first-order chi connectivity index (χ1) is 6.22. The second-order valence-electron chi connectivity index (χ2n) is 3.18. The highest BCUT2D eigenvalue weighted by Gasteiger charge is 1.99. The molecule has 4 heteroatoms. The van der Waals surface area contributed by atoms with Crippen LogP contribution in [0.25, 0.3) is 0 Å². The van der Waals surface area contributed by atoms with Crippen molar-refractivity contribution in [1.29, 1.82) is 0 Å². The second kappa shape index (κ2) is 4.89. The molecule has 0 unspecified atom stereocenters. The Hall–Kier alpha value is -1.00. The van der Waals surface area contributed by atoms with Crippen molar-refractivity contribution < 1.29 is 0 Å². The number of likely N-dealkylation sites (N-methyl/N-ethyl adjacent to an activating group) is 1. The van der Waals surface area contributed by atoms with Crippen LogP contribution in [0.5, 0.6) is 0 Å². The maximum atomic E-state index is 5.43. The van der Waals surface area contributed by atoms with Crippen molar-refractivity contribution in [2.24, 2.45) is 5.73 Å². The smallest absolute Gasteiger partial charge is 0.0726 e. The molecule has 0 aliphatic rings. The first-order valence-electron chi connectivity index (χ1n) is 4.38. The quantitative estimate of drug-likeness (QED) is 0.718. The molecule has 2 N–H and O–H groups in total. The van der Waals surface area contributed by atoms with Crippen molar-refractivity contribution in [3.8, 4) is 0 Å². The molecule has 1 heterocycles. The Morgan fingerprint density at radius 1 is 1.38 bits per heavy atom. The predicted octanol–water partition coefficient (Wildman–Crippen LogP) is 0.176. The first-order valence-corrected chi connectivity index (χ1v) is 4.38. The van der Waals surface area contributed by atoms with Crippen LogP contribution in [0.15, 0.2) is 12.4 Å². The molecule has 0 saturated carbocycles. The van der Waals surface area contributed by atoms with Crippen molar-refractivity contribution in [3.63, 3.8) is 0 Å².